The van der Waals surface area contributed by atoms with Gasteiger partial charge in [0, 0.05) is 9.50 Å². The number of fused-ring (bicyclic) bond motifs is 1. The lowest BCUT2D eigenvalue weighted by Gasteiger charge is -2.06. The predicted octanol–water partition coefficient (Wildman–Crippen LogP) is 4.96. The van der Waals surface area contributed by atoms with Crippen molar-refractivity contribution in [3.05, 3.63) is 45.4 Å². The van der Waals surface area contributed by atoms with Gasteiger partial charge in [0.05, 0.1) is 23.7 Å². The number of nitrogens with zero attached hydrogens (tertiary/aromatic N) is 1. The van der Waals surface area contributed by atoms with Crippen LogP contribution in [0.4, 0.5) is 0 Å². The third kappa shape index (κ3) is 2.30. The highest BCUT2D eigenvalue weighted by atomic mass is 79.9. The summed E-state index contributed by atoms with van der Waals surface area (Å²) in [6.07, 6.45) is 0. The molecule has 0 aliphatic rings. The Labute approximate surface area is 130 Å². The monoisotopic (exact) mass is 350 g/mol. The normalized spacial score (nSPS) is 11.0. The number of H-pyrrole nitrogens is 1. The number of hydrogen-bond acceptors (Lipinski definition) is 2. The highest BCUT2D eigenvalue weighted by molar-refractivity contribution is 9.10. The molecule has 3 rings (SSSR count). The number of aromatic amines is 1. The third-order valence-electron chi connectivity index (χ3n) is 3.16. The van der Waals surface area contributed by atoms with Crippen LogP contribution < -0.4 is 4.74 Å². The van der Waals surface area contributed by atoms with Crippen LogP contribution in [-0.2, 0) is 0 Å². The first-order valence-corrected chi connectivity index (χ1v) is 7.25. The molecular weight excluding hydrogens is 340 g/mol. The van der Waals surface area contributed by atoms with Crippen LogP contribution in [0.25, 0.3) is 22.4 Å². The van der Waals surface area contributed by atoms with Gasteiger partial charge in [0.15, 0.2) is 0 Å². The Morgan fingerprint density at radius 3 is 2.80 bits per heavy atom. The second-order valence-corrected chi connectivity index (χ2v) is 5.90. The summed E-state index contributed by atoms with van der Waals surface area (Å²) in [5, 5.41) is 0.652. The van der Waals surface area contributed by atoms with Gasteiger partial charge in [-0.05, 0) is 42.8 Å². The van der Waals surface area contributed by atoms with Crippen molar-refractivity contribution in [2.45, 2.75) is 6.92 Å². The van der Waals surface area contributed by atoms with E-state index in [9.17, 15) is 0 Å². The van der Waals surface area contributed by atoms with Gasteiger partial charge in [-0.25, -0.2) is 4.98 Å². The van der Waals surface area contributed by atoms with E-state index in [1.54, 1.807) is 13.2 Å². The maximum absolute atomic E-state index is 6.07. The molecule has 0 amide bonds. The molecule has 0 bridgehead atoms. The van der Waals surface area contributed by atoms with Crippen molar-refractivity contribution in [3.63, 3.8) is 0 Å². The van der Waals surface area contributed by atoms with Crippen LogP contribution in [0.15, 0.2) is 34.8 Å². The van der Waals surface area contributed by atoms with E-state index in [1.807, 2.05) is 31.2 Å². The minimum Gasteiger partial charge on any atom is -0.496 e. The summed E-state index contributed by atoms with van der Waals surface area (Å²) in [6.45, 7) is 2.03. The molecule has 1 heterocycles. The second-order valence-electron chi connectivity index (χ2n) is 4.55. The van der Waals surface area contributed by atoms with E-state index in [4.69, 9.17) is 16.3 Å². The molecule has 2 aromatic carbocycles. The van der Waals surface area contributed by atoms with E-state index in [0.29, 0.717) is 5.02 Å². The van der Waals surface area contributed by atoms with Crippen molar-refractivity contribution in [2.24, 2.45) is 0 Å². The topological polar surface area (TPSA) is 37.9 Å². The molecule has 0 fully saturated rings. The van der Waals surface area contributed by atoms with Gasteiger partial charge in [0.25, 0.3) is 0 Å². The Kier molecular flexibility index (Phi) is 3.44. The molecule has 0 radical (unpaired) electrons. The molecule has 3 nitrogen and oxygen atoms in total. The number of aryl methyl sites for hydroxylation is 1. The molecule has 0 saturated heterocycles. The maximum Gasteiger partial charge on any atom is 0.142 e. The number of aromatic nitrogens is 2. The van der Waals surface area contributed by atoms with E-state index in [1.165, 1.54) is 0 Å². The molecule has 0 unspecified atom stereocenters. The molecule has 0 atom stereocenters. The van der Waals surface area contributed by atoms with E-state index >= 15 is 0 Å². The highest BCUT2D eigenvalue weighted by Gasteiger charge is 2.12. The van der Waals surface area contributed by atoms with Gasteiger partial charge < -0.3 is 9.72 Å². The van der Waals surface area contributed by atoms with Crippen LogP contribution in [0, 0.1) is 6.92 Å². The van der Waals surface area contributed by atoms with Crippen LogP contribution in [0.2, 0.25) is 5.02 Å². The van der Waals surface area contributed by atoms with E-state index in [0.717, 1.165) is 38.2 Å². The number of hydrogen-bond donors (Lipinski definition) is 1. The van der Waals surface area contributed by atoms with Gasteiger partial charge >= 0.3 is 0 Å². The van der Waals surface area contributed by atoms with Gasteiger partial charge in [0.1, 0.15) is 11.6 Å². The molecule has 5 heteroatoms. The van der Waals surface area contributed by atoms with Gasteiger partial charge in [-0.15, -0.1) is 0 Å². The molecule has 0 aliphatic carbocycles. The first-order valence-electron chi connectivity index (χ1n) is 6.08. The fraction of sp³-hybridized carbons (Fsp3) is 0.133. The average Bonchev–Trinajstić information content (AvgIpc) is 2.82. The minimum atomic E-state index is 0.652. The quantitative estimate of drug-likeness (QED) is 0.708. The lowest BCUT2D eigenvalue weighted by Crippen LogP contribution is -1.89. The summed E-state index contributed by atoms with van der Waals surface area (Å²) >= 11 is 9.57. The molecule has 1 aromatic heterocycles. The summed E-state index contributed by atoms with van der Waals surface area (Å²) in [4.78, 5) is 7.97. The van der Waals surface area contributed by atoms with Crippen LogP contribution in [0.5, 0.6) is 5.75 Å². The molecule has 3 aromatic rings. The van der Waals surface area contributed by atoms with Crippen LogP contribution in [0.1, 0.15) is 5.56 Å². The van der Waals surface area contributed by atoms with E-state index < -0.39 is 0 Å². The Bertz CT molecular complexity index is 798. The summed E-state index contributed by atoms with van der Waals surface area (Å²) in [5.74, 6) is 1.49. The summed E-state index contributed by atoms with van der Waals surface area (Å²) in [6, 6.07) is 9.54. The van der Waals surface area contributed by atoms with E-state index in [2.05, 4.69) is 25.9 Å². The van der Waals surface area contributed by atoms with Gasteiger partial charge in [-0.3, -0.25) is 0 Å². The zero-order valence-corrected chi connectivity index (χ0v) is 13.3. The Hall–Kier alpha value is -1.52. The molecule has 0 aliphatic heterocycles. The van der Waals surface area contributed by atoms with Gasteiger partial charge in [-0.2, -0.15) is 0 Å². The number of halogens is 2. The Morgan fingerprint density at radius 2 is 2.05 bits per heavy atom. The number of rotatable bonds is 2. The van der Waals surface area contributed by atoms with Gasteiger partial charge in [0.2, 0.25) is 0 Å². The highest BCUT2D eigenvalue weighted by Crippen LogP contribution is 2.33. The number of imidazole rings is 1. The minimum absolute atomic E-state index is 0.652. The van der Waals surface area contributed by atoms with Crippen LogP contribution >= 0.6 is 27.5 Å². The standard InChI is InChI=1S/C15H12BrClN2O/c1-8-5-9(16)6-12-14(8)19-15(18-12)11-7-10(17)3-4-13(11)20-2/h3-7H,1-2H3,(H,18,19). The molecular formula is C15H12BrClN2O. The summed E-state index contributed by atoms with van der Waals surface area (Å²) in [7, 11) is 1.64. The first-order chi connectivity index (χ1) is 9.58. The first kappa shape index (κ1) is 13.5. The fourth-order valence-electron chi connectivity index (χ4n) is 2.24. The van der Waals surface area contributed by atoms with Crippen molar-refractivity contribution in [3.8, 4) is 17.1 Å². The number of benzene rings is 2. The van der Waals surface area contributed by atoms with Crippen molar-refractivity contribution in [1.82, 2.24) is 9.97 Å². The zero-order valence-electron chi connectivity index (χ0n) is 11.0. The summed E-state index contributed by atoms with van der Waals surface area (Å²) in [5.41, 5.74) is 3.89. The number of nitrogens with one attached hydrogen (secondary N) is 1. The smallest absolute Gasteiger partial charge is 0.142 e. The molecule has 0 saturated carbocycles. The molecule has 1 N–H and O–H groups in total. The van der Waals surface area contributed by atoms with Crippen molar-refractivity contribution >= 4 is 38.6 Å². The lowest BCUT2D eigenvalue weighted by atomic mass is 10.2. The SMILES string of the molecule is COc1ccc(Cl)cc1-c1nc2c(C)cc(Br)cc2[nH]1. The Balaban J connectivity index is 2.25. The third-order valence-corrected chi connectivity index (χ3v) is 3.85. The Morgan fingerprint density at radius 1 is 1.25 bits per heavy atom. The van der Waals surface area contributed by atoms with Crippen molar-refractivity contribution < 1.29 is 4.74 Å². The summed E-state index contributed by atoms with van der Waals surface area (Å²) < 4.78 is 6.40. The molecule has 0 spiro atoms. The second kappa shape index (κ2) is 5.11. The molecule has 20 heavy (non-hydrogen) atoms. The molecule has 102 valence electrons. The predicted molar refractivity (Wildman–Crippen MR) is 85.5 cm³/mol. The number of methoxy groups -OCH3 is 1. The van der Waals surface area contributed by atoms with Crippen LogP contribution in [-0.4, -0.2) is 17.1 Å². The average molecular weight is 352 g/mol. The number of ether oxygens (including phenoxy) is 1. The van der Waals surface area contributed by atoms with Crippen LogP contribution in [0.3, 0.4) is 0 Å². The maximum atomic E-state index is 6.07. The zero-order chi connectivity index (χ0) is 14.3. The largest absolute Gasteiger partial charge is 0.496 e. The van der Waals surface area contributed by atoms with E-state index in [-0.39, 0.29) is 0 Å². The lowest BCUT2D eigenvalue weighted by molar-refractivity contribution is 0.416. The van der Waals surface area contributed by atoms with Crippen molar-refractivity contribution in [2.75, 3.05) is 7.11 Å². The van der Waals surface area contributed by atoms with Crippen molar-refractivity contribution in [1.29, 1.82) is 0 Å². The fourth-order valence-corrected chi connectivity index (χ4v) is 2.98. The van der Waals surface area contributed by atoms with Gasteiger partial charge in [-0.1, -0.05) is 27.5 Å².